The van der Waals surface area contributed by atoms with Crippen molar-refractivity contribution < 1.29 is 14.6 Å². The lowest BCUT2D eigenvalue weighted by atomic mass is 10.3. The number of carboxylic acids is 1. The van der Waals surface area contributed by atoms with E-state index in [0.717, 1.165) is 0 Å². The molecule has 2 atom stereocenters. The van der Waals surface area contributed by atoms with E-state index in [1.807, 2.05) is 29.5 Å². The molecule has 4 heteroatoms. The van der Waals surface area contributed by atoms with Crippen molar-refractivity contribution >= 4 is 28.6 Å². The molecule has 0 rings (SSSR count). The lowest BCUT2D eigenvalue weighted by Gasteiger charge is -2.12. The standard InChI is InChI=1S/C6H11IO3/c1-3-5(6(8)9)10-4(2)7/h4-5H,3H2,1-2H3,(H,8,9). The number of hydrogen-bond acceptors (Lipinski definition) is 2. The van der Waals surface area contributed by atoms with Crippen LogP contribution in [0.5, 0.6) is 0 Å². The van der Waals surface area contributed by atoms with Crippen LogP contribution >= 0.6 is 22.6 Å². The Balaban J connectivity index is 3.72. The molecule has 0 saturated heterocycles. The van der Waals surface area contributed by atoms with E-state index in [0.29, 0.717) is 6.42 Å². The summed E-state index contributed by atoms with van der Waals surface area (Å²) in [6.07, 6.45) is -0.130. The van der Waals surface area contributed by atoms with Gasteiger partial charge in [-0.15, -0.1) is 0 Å². The largest absolute Gasteiger partial charge is 0.479 e. The quantitative estimate of drug-likeness (QED) is 0.616. The average Bonchev–Trinajstić information content (AvgIpc) is 1.81. The second-order valence-corrected chi connectivity index (χ2v) is 3.67. The first-order chi connectivity index (χ1) is 4.57. The van der Waals surface area contributed by atoms with Gasteiger partial charge in [-0.1, -0.05) is 29.5 Å². The zero-order valence-electron chi connectivity index (χ0n) is 6.00. The molecular formula is C6H11IO3. The van der Waals surface area contributed by atoms with Crippen LogP contribution in [0.4, 0.5) is 0 Å². The van der Waals surface area contributed by atoms with E-state index in [2.05, 4.69) is 0 Å². The first-order valence-electron chi connectivity index (χ1n) is 3.10. The minimum Gasteiger partial charge on any atom is -0.479 e. The second-order valence-electron chi connectivity index (χ2n) is 1.91. The van der Waals surface area contributed by atoms with Gasteiger partial charge in [0.15, 0.2) is 6.10 Å². The van der Waals surface area contributed by atoms with Crippen LogP contribution in [-0.4, -0.2) is 21.3 Å². The van der Waals surface area contributed by atoms with Gasteiger partial charge in [0.2, 0.25) is 0 Å². The summed E-state index contributed by atoms with van der Waals surface area (Å²) in [6.45, 7) is 3.60. The maximum absolute atomic E-state index is 10.3. The van der Waals surface area contributed by atoms with E-state index in [1.165, 1.54) is 0 Å². The van der Waals surface area contributed by atoms with Crippen LogP contribution in [0, 0.1) is 0 Å². The molecule has 0 fully saturated rings. The Hall–Kier alpha value is 0.160. The third-order valence-corrected chi connectivity index (χ3v) is 1.29. The fourth-order valence-corrected chi connectivity index (χ4v) is 0.910. The summed E-state index contributed by atoms with van der Waals surface area (Å²) in [5.41, 5.74) is 0. The fourth-order valence-electron chi connectivity index (χ4n) is 0.555. The number of carbonyl (C=O) groups is 1. The lowest BCUT2D eigenvalue weighted by molar-refractivity contribution is -0.150. The molecule has 0 radical (unpaired) electrons. The van der Waals surface area contributed by atoms with Gasteiger partial charge in [0.25, 0.3) is 0 Å². The van der Waals surface area contributed by atoms with Gasteiger partial charge < -0.3 is 9.84 Å². The zero-order valence-corrected chi connectivity index (χ0v) is 8.16. The van der Waals surface area contributed by atoms with Crippen molar-refractivity contribution in [2.45, 2.75) is 30.5 Å². The number of halogens is 1. The van der Waals surface area contributed by atoms with Crippen molar-refractivity contribution in [1.82, 2.24) is 0 Å². The van der Waals surface area contributed by atoms with Crippen LogP contribution < -0.4 is 0 Å². The predicted octanol–water partition coefficient (Wildman–Crippen LogP) is 1.65. The SMILES string of the molecule is CCC(OC(C)I)C(=O)O. The highest BCUT2D eigenvalue weighted by molar-refractivity contribution is 14.1. The summed E-state index contributed by atoms with van der Waals surface area (Å²) in [5.74, 6) is -0.883. The van der Waals surface area contributed by atoms with Gasteiger partial charge in [0.1, 0.15) is 4.11 Å². The first kappa shape index (κ1) is 10.2. The summed E-state index contributed by atoms with van der Waals surface area (Å²) in [5, 5.41) is 8.49. The number of alkyl halides is 1. The molecule has 0 heterocycles. The molecule has 60 valence electrons. The van der Waals surface area contributed by atoms with Crippen molar-refractivity contribution in [2.24, 2.45) is 0 Å². The Morgan fingerprint density at radius 2 is 2.30 bits per heavy atom. The van der Waals surface area contributed by atoms with E-state index in [4.69, 9.17) is 9.84 Å². The highest BCUT2D eigenvalue weighted by atomic mass is 127. The molecule has 0 amide bonds. The van der Waals surface area contributed by atoms with Crippen LogP contribution in [0.15, 0.2) is 0 Å². The molecule has 0 aliphatic carbocycles. The van der Waals surface area contributed by atoms with Crippen molar-refractivity contribution in [3.05, 3.63) is 0 Å². The number of aliphatic carboxylic acids is 1. The fraction of sp³-hybridized carbons (Fsp3) is 0.833. The topological polar surface area (TPSA) is 46.5 Å². The van der Waals surface area contributed by atoms with E-state index in [-0.39, 0.29) is 4.11 Å². The van der Waals surface area contributed by atoms with Crippen LogP contribution in [0.3, 0.4) is 0 Å². The first-order valence-corrected chi connectivity index (χ1v) is 4.34. The third-order valence-electron chi connectivity index (χ3n) is 0.998. The predicted molar refractivity (Wildman–Crippen MR) is 46.3 cm³/mol. The third kappa shape index (κ3) is 4.05. The number of hydrogen-bond donors (Lipinski definition) is 1. The van der Waals surface area contributed by atoms with Crippen LogP contribution in [0.25, 0.3) is 0 Å². The highest BCUT2D eigenvalue weighted by Gasteiger charge is 2.16. The van der Waals surface area contributed by atoms with Gasteiger partial charge in [-0.3, -0.25) is 0 Å². The van der Waals surface area contributed by atoms with Crippen molar-refractivity contribution in [2.75, 3.05) is 0 Å². The molecule has 0 spiro atoms. The smallest absolute Gasteiger partial charge is 0.332 e. The molecule has 0 aromatic heterocycles. The van der Waals surface area contributed by atoms with Gasteiger partial charge in [0.05, 0.1) is 0 Å². The Morgan fingerprint density at radius 3 is 2.40 bits per heavy atom. The summed E-state index contributed by atoms with van der Waals surface area (Å²) < 4.78 is 5.01. The molecule has 10 heavy (non-hydrogen) atoms. The van der Waals surface area contributed by atoms with Crippen LogP contribution in [0.2, 0.25) is 0 Å². The molecule has 0 saturated carbocycles. The molecular weight excluding hydrogens is 247 g/mol. The number of ether oxygens (including phenoxy) is 1. The van der Waals surface area contributed by atoms with Crippen LogP contribution in [0.1, 0.15) is 20.3 Å². The highest BCUT2D eigenvalue weighted by Crippen LogP contribution is 2.07. The molecule has 3 nitrogen and oxygen atoms in total. The Labute approximate surface area is 73.9 Å². The maximum atomic E-state index is 10.3. The molecule has 2 unspecified atom stereocenters. The lowest BCUT2D eigenvalue weighted by Crippen LogP contribution is -2.24. The second kappa shape index (κ2) is 4.90. The summed E-state index contributed by atoms with van der Waals surface area (Å²) in [7, 11) is 0. The Kier molecular flexibility index (Phi) is 4.98. The Bertz CT molecular complexity index is 114. The Morgan fingerprint density at radius 1 is 1.80 bits per heavy atom. The molecule has 0 aliphatic heterocycles. The zero-order chi connectivity index (χ0) is 8.15. The molecule has 1 N–H and O–H groups in total. The van der Waals surface area contributed by atoms with E-state index >= 15 is 0 Å². The van der Waals surface area contributed by atoms with E-state index < -0.39 is 12.1 Å². The average molecular weight is 258 g/mol. The van der Waals surface area contributed by atoms with Gasteiger partial charge in [-0.2, -0.15) is 0 Å². The summed E-state index contributed by atoms with van der Waals surface area (Å²) >= 11 is 2.03. The van der Waals surface area contributed by atoms with Gasteiger partial charge in [-0.05, 0) is 13.3 Å². The minimum atomic E-state index is -0.883. The van der Waals surface area contributed by atoms with Crippen molar-refractivity contribution in [3.8, 4) is 0 Å². The van der Waals surface area contributed by atoms with Crippen LogP contribution in [-0.2, 0) is 9.53 Å². The maximum Gasteiger partial charge on any atom is 0.332 e. The van der Waals surface area contributed by atoms with Crippen molar-refractivity contribution in [1.29, 1.82) is 0 Å². The van der Waals surface area contributed by atoms with Gasteiger partial charge in [0, 0.05) is 0 Å². The monoisotopic (exact) mass is 258 g/mol. The molecule has 0 bridgehead atoms. The molecule has 0 aromatic carbocycles. The van der Waals surface area contributed by atoms with Crippen molar-refractivity contribution in [3.63, 3.8) is 0 Å². The molecule has 0 aromatic rings. The number of carboxylic acid groups (broad SMARTS) is 1. The minimum absolute atomic E-state index is 0.0429. The normalized spacial score (nSPS) is 16.3. The number of rotatable bonds is 4. The van der Waals surface area contributed by atoms with E-state index in [9.17, 15) is 4.79 Å². The summed E-state index contributed by atoms with van der Waals surface area (Å²) in [4.78, 5) is 10.3. The molecule has 0 aliphatic rings. The summed E-state index contributed by atoms with van der Waals surface area (Å²) in [6, 6.07) is 0. The van der Waals surface area contributed by atoms with Gasteiger partial charge in [-0.25, -0.2) is 4.79 Å². The van der Waals surface area contributed by atoms with E-state index in [1.54, 1.807) is 6.92 Å². The van der Waals surface area contributed by atoms with Gasteiger partial charge >= 0.3 is 5.97 Å².